The zero-order valence-electron chi connectivity index (χ0n) is 10.7. The summed E-state index contributed by atoms with van der Waals surface area (Å²) in [7, 11) is 1.67. The van der Waals surface area contributed by atoms with Gasteiger partial charge in [-0.05, 0) is 23.8 Å². The molecule has 0 aliphatic rings. The van der Waals surface area contributed by atoms with Crippen LogP contribution in [-0.2, 0) is 11.5 Å². The van der Waals surface area contributed by atoms with Gasteiger partial charge in [0, 0.05) is 33.8 Å². The molecule has 2 aromatic carbocycles. The lowest BCUT2D eigenvalue weighted by Crippen LogP contribution is -1.93. The number of halogens is 1. The molecular weight excluding hydrogens is 278 g/mol. The maximum atomic E-state index is 5.86. The van der Waals surface area contributed by atoms with Crippen LogP contribution in [0.1, 0.15) is 11.1 Å². The second kappa shape index (κ2) is 6.73. The minimum Gasteiger partial charge on any atom is -0.496 e. The molecule has 0 aromatic heterocycles. The van der Waals surface area contributed by atoms with Crippen molar-refractivity contribution in [2.75, 3.05) is 12.8 Å². The number of nitrogens with two attached hydrogens (primary N) is 1. The normalized spacial score (nSPS) is 10.4. The number of hydrogen-bond donors (Lipinski definition) is 1. The molecule has 0 fully saturated rings. The molecule has 2 rings (SSSR count). The van der Waals surface area contributed by atoms with E-state index in [0.29, 0.717) is 0 Å². The Bertz CT molecular complexity index is 542. The van der Waals surface area contributed by atoms with E-state index in [1.165, 1.54) is 5.56 Å². The zero-order chi connectivity index (χ0) is 13.7. The fraction of sp³-hybridized carbons (Fsp3) is 0.200. The van der Waals surface area contributed by atoms with E-state index < -0.39 is 0 Å². The van der Waals surface area contributed by atoms with Crippen molar-refractivity contribution in [3.8, 4) is 5.75 Å². The van der Waals surface area contributed by atoms with Crippen LogP contribution in [0, 0.1) is 0 Å². The predicted molar refractivity (Wildman–Crippen MR) is 83.9 cm³/mol. The fourth-order valence-electron chi connectivity index (χ4n) is 1.74. The van der Waals surface area contributed by atoms with E-state index in [1.807, 2.05) is 42.1 Å². The average Bonchev–Trinajstić information content (AvgIpc) is 2.42. The molecule has 0 aliphatic heterocycles. The molecule has 0 bridgehead atoms. The summed E-state index contributed by atoms with van der Waals surface area (Å²) in [5, 5.41) is 0.772. The smallest absolute Gasteiger partial charge is 0.124 e. The Kier molecular flexibility index (Phi) is 5.00. The third-order valence-electron chi connectivity index (χ3n) is 2.75. The number of anilines is 1. The Labute approximate surface area is 122 Å². The van der Waals surface area contributed by atoms with Gasteiger partial charge in [0.15, 0.2) is 0 Å². The Morgan fingerprint density at radius 1 is 1.11 bits per heavy atom. The van der Waals surface area contributed by atoms with Crippen LogP contribution in [0.2, 0.25) is 5.02 Å². The van der Waals surface area contributed by atoms with Crippen molar-refractivity contribution < 1.29 is 4.74 Å². The highest BCUT2D eigenvalue weighted by molar-refractivity contribution is 7.97. The first kappa shape index (κ1) is 14.1. The molecule has 0 unspecified atom stereocenters. The third-order valence-corrected chi connectivity index (χ3v) is 4.06. The maximum absolute atomic E-state index is 5.86. The van der Waals surface area contributed by atoms with Crippen LogP contribution in [0.15, 0.2) is 42.5 Å². The Hall–Kier alpha value is -1.32. The molecule has 100 valence electrons. The van der Waals surface area contributed by atoms with Crippen molar-refractivity contribution in [1.29, 1.82) is 0 Å². The van der Waals surface area contributed by atoms with E-state index in [4.69, 9.17) is 22.1 Å². The molecule has 2 N–H and O–H groups in total. The van der Waals surface area contributed by atoms with Crippen molar-refractivity contribution in [3.63, 3.8) is 0 Å². The number of ether oxygens (including phenoxy) is 1. The van der Waals surface area contributed by atoms with Crippen LogP contribution in [0.5, 0.6) is 5.75 Å². The zero-order valence-corrected chi connectivity index (χ0v) is 12.3. The summed E-state index contributed by atoms with van der Waals surface area (Å²) in [6.07, 6.45) is 0. The highest BCUT2D eigenvalue weighted by Gasteiger charge is 2.04. The first-order valence-electron chi connectivity index (χ1n) is 5.93. The van der Waals surface area contributed by atoms with Gasteiger partial charge in [-0.25, -0.2) is 0 Å². The van der Waals surface area contributed by atoms with Gasteiger partial charge in [-0.15, -0.1) is 0 Å². The van der Waals surface area contributed by atoms with Crippen LogP contribution in [0.4, 0.5) is 5.69 Å². The van der Waals surface area contributed by atoms with Crippen molar-refractivity contribution >= 4 is 29.1 Å². The fourth-order valence-corrected chi connectivity index (χ4v) is 2.85. The Morgan fingerprint density at radius 2 is 1.84 bits per heavy atom. The summed E-state index contributed by atoms with van der Waals surface area (Å²) in [5.41, 5.74) is 8.89. The molecule has 2 aromatic rings. The summed E-state index contributed by atoms with van der Waals surface area (Å²) in [5.74, 6) is 2.69. The van der Waals surface area contributed by atoms with Gasteiger partial charge >= 0.3 is 0 Å². The molecule has 0 spiro atoms. The van der Waals surface area contributed by atoms with Gasteiger partial charge in [-0.3, -0.25) is 0 Å². The second-order valence-electron chi connectivity index (χ2n) is 4.19. The van der Waals surface area contributed by atoms with Crippen LogP contribution in [-0.4, -0.2) is 7.11 Å². The molecule has 0 saturated carbocycles. The number of benzene rings is 2. The summed E-state index contributed by atoms with van der Waals surface area (Å²) in [6, 6.07) is 13.7. The van der Waals surface area contributed by atoms with Crippen molar-refractivity contribution in [3.05, 3.63) is 58.6 Å². The lowest BCUT2D eigenvalue weighted by molar-refractivity contribution is 0.411. The molecule has 19 heavy (non-hydrogen) atoms. The lowest BCUT2D eigenvalue weighted by atomic mass is 10.2. The summed E-state index contributed by atoms with van der Waals surface area (Å²) in [4.78, 5) is 0. The van der Waals surface area contributed by atoms with Gasteiger partial charge in [-0.1, -0.05) is 29.8 Å². The molecule has 0 amide bonds. The highest BCUT2D eigenvalue weighted by Crippen LogP contribution is 2.27. The second-order valence-corrected chi connectivity index (χ2v) is 5.61. The van der Waals surface area contributed by atoms with E-state index in [2.05, 4.69) is 12.1 Å². The van der Waals surface area contributed by atoms with Crippen molar-refractivity contribution in [2.24, 2.45) is 0 Å². The van der Waals surface area contributed by atoms with Crippen LogP contribution in [0.25, 0.3) is 0 Å². The molecule has 0 heterocycles. The number of methoxy groups -OCH3 is 1. The monoisotopic (exact) mass is 293 g/mol. The molecule has 0 saturated heterocycles. The van der Waals surface area contributed by atoms with Crippen LogP contribution < -0.4 is 10.5 Å². The average molecular weight is 294 g/mol. The van der Waals surface area contributed by atoms with E-state index >= 15 is 0 Å². The van der Waals surface area contributed by atoms with Gasteiger partial charge in [0.05, 0.1) is 7.11 Å². The number of nitrogen functional groups attached to an aromatic ring is 1. The summed E-state index contributed by atoms with van der Waals surface area (Å²) >= 11 is 7.70. The van der Waals surface area contributed by atoms with E-state index in [-0.39, 0.29) is 0 Å². The van der Waals surface area contributed by atoms with Crippen molar-refractivity contribution in [2.45, 2.75) is 11.5 Å². The van der Waals surface area contributed by atoms with Gasteiger partial charge in [-0.2, -0.15) is 11.8 Å². The van der Waals surface area contributed by atoms with Gasteiger partial charge in [0.2, 0.25) is 0 Å². The van der Waals surface area contributed by atoms with Crippen molar-refractivity contribution in [1.82, 2.24) is 0 Å². The number of hydrogen-bond acceptors (Lipinski definition) is 3. The first-order valence-corrected chi connectivity index (χ1v) is 7.47. The molecule has 4 heteroatoms. The molecule has 2 nitrogen and oxygen atoms in total. The highest BCUT2D eigenvalue weighted by atomic mass is 35.5. The Morgan fingerprint density at radius 3 is 2.53 bits per heavy atom. The summed E-state index contributed by atoms with van der Waals surface area (Å²) < 4.78 is 5.33. The summed E-state index contributed by atoms with van der Waals surface area (Å²) in [6.45, 7) is 0. The molecule has 0 atom stereocenters. The van der Waals surface area contributed by atoms with Gasteiger partial charge in [0.25, 0.3) is 0 Å². The first-order chi connectivity index (χ1) is 9.19. The number of thioether (sulfide) groups is 1. The van der Waals surface area contributed by atoms with Crippen LogP contribution >= 0.6 is 23.4 Å². The van der Waals surface area contributed by atoms with E-state index in [0.717, 1.165) is 33.5 Å². The maximum Gasteiger partial charge on any atom is 0.124 e. The third kappa shape index (κ3) is 4.08. The largest absolute Gasteiger partial charge is 0.496 e. The minimum absolute atomic E-state index is 0.725. The SMILES string of the molecule is COc1cc(N)ccc1CSCc1ccc(Cl)cc1. The molecule has 0 aliphatic carbocycles. The quantitative estimate of drug-likeness (QED) is 0.832. The molecular formula is C15H16ClNOS. The van der Waals surface area contributed by atoms with E-state index in [1.54, 1.807) is 7.11 Å². The predicted octanol–water partition coefficient (Wildman–Crippen LogP) is 4.36. The Balaban J connectivity index is 1.94. The lowest BCUT2D eigenvalue weighted by Gasteiger charge is -2.09. The minimum atomic E-state index is 0.725. The van der Waals surface area contributed by atoms with Crippen LogP contribution in [0.3, 0.4) is 0 Å². The molecule has 0 radical (unpaired) electrons. The van der Waals surface area contributed by atoms with E-state index in [9.17, 15) is 0 Å². The topological polar surface area (TPSA) is 35.2 Å². The van der Waals surface area contributed by atoms with Gasteiger partial charge in [0.1, 0.15) is 5.75 Å². The number of rotatable bonds is 5. The van der Waals surface area contributed by atoms with Gasteiger partial charge < -0.3 is 10.5 Å². The standard InChI is InChI=1S/C15H16ClNOS/c1-18-15-8-14(17)7-4-12(15)10-19-9-11-2-5-13(16)6-3-11/h2-8H,9-10,17H2,1H3.